The zero-order valence-corrected chi connectivity index (χ0v) is 12.6. The molecule has 1 fully saturated rings. The van der Waals surface area contributed by atoms with Gasteiger partial charge >= 0.3 is 5.97 Å². The van der Waals surface area contributed by atoms with Crippen molar-refractivity contribution in [1.29, 1.82) is 0 Å². The van der Waals surface area contributed by atoms with Crippen LogP contribution in [0.1, 0.15) is 6.92 Å². The summed E-state index contributed by atoms with van der Waals surface area (Å²) in [5.74, 6) is -1.08. The van der Waals surface area contributed by atoms with Gasteiger partial charge < -0.3 is 19.6 Å². The molecule has 1 heterocycles. The largest absolute Gasteiger partial charge is 0.480 e. The van der Waals surface area contributed by atoms with Crippen molar-refractivity contribution >= 4 is 17.8 Å². The van der Waals surface area contributed by atoms with Crippen LogP contribution in [0.5, 0.6) is 0 Å². The van der Waals surface area contributed by atoms with E-state index < -0.39 is 5.97 Å². The molecule has 0 spiro atoms. The van der Waals surface area contributed by atoms with Crippen LogP contribution >= 0.6 is 0 Å². The molecular formula is C13H23N3O5. The monoisotopic (exact) mass is 301 g/mol. The van der Waals surface area contributed by atoms with Crippen LogP contribution in [0.25, 0.3) is 0 Å². The van der Waals surface area contributed by atoms with Crippen LogP contribution in [0.2, 0.25) is 0 Å². The van der Waals surface area contributed by atoms with E-state index in [1.165, 1.54) is 14.0 Å². The van der Waals surface area contributed by atoms with Crippen LogP contribution in [0.3, 0.4) is 0 Å². The number of hydrogen-bond acceptors (Lipinski definition) is 5. The van der Waals surface area contributed by atoms with Gasteiger partial charge in [0, 0.05) is 46.8 Å². The summed E-state index contributed by atoms with van der Waals surface area (Å²) < 4.78 is 4.92. The molecule has 0 radical (unpaired) electrons. The smallest absolute Gasteiger partial charge is 0.317 e. The summed E-state index contributed by atoms with van der Waals surface area (Å²) in [4.78, 5) is 39.1. The average Bonchev–Trinajstić information content (AvgIpc) is 2.44. The minimum Gasteiger partial charge on any atom is -0.480 e. The lowest BCUT2D eigenvalue weighted by atomic mass is 10.3. The summed E-state index contributed by atoms with van der Waals surface area (Å²) in [7, 11) is 1.53. The van der Waals surface area contributed by atoms with Crippen molar-refractivity contribution in [2.24, 2.45) is 0 Å². The highest BCUT2D eigenvalue weighted by Gasteiger charge is 2.24. The van der Waals surface area contributed by atoms with E-state index in [0.717, 1.165) is 0 Å². The maximum atomic E-state index is 12.2. The number of hydrogen-bond donors (Lipinski definition) is 1. The van der Waals surface area contributed by atoms with Crippen molar-refractivity contribution in [2.45, 2.75) is 6.92 Å². The summed E-state index contributed by atoms with van der Waals surface area (Å²) in [5.41, 5.74) is 0. The van der Waals surface area contributed by atoms with Gasteiger partial charge in [-0.25, -0.2) is 0 Å². The number of carboxylic acids is 1. The Morgan fingerprint density at radius 1 is 1.10 bits per heavy atom. The van der Waals surface area contributed by atoms with E-state index in [9.17, 15) is 14.4 Å². The standard InChI is InChI=1S/C13H23N3O5/c1-11(17)15-3-5-16(6-4-15)12(18)9-14(7-8-21-2)10-13(19)20/h3-10H2,1-2H3,(H,19,20). The van der Waals surface area contributed by atoms with Crippen molar-refractivity contribution in [3.8, 4) is 0 Å². The molecule has 1 saturated heterocycles. The minimum absolute atomic E-state index is 0.00898. The molecule has 1 rings (SSSR count). The van der Waals surface area contributed by atoms with E-state index in [0.29, 0.717) is 39.3 Å². The lowest BCUT2D eigenvalue weighted by Gasteiger charge is -2.35. The topological polar surface area (TPSA) is 90.4 Å². The van der Waals surface area contributed by atoms with Gasteiger partial charge in [0.1, 0.15) is 0 Å². The summed E-state index contributed by atoms with van der Waals surface area (Å²) in [5, 5.41) is 8.85. The molecule has 0 aromatic carbocycles. The Kier molecular flexibility index (Phi) is 7.10. The number of nitrogens with zero attached hydrogens (tertiary/aromatic N) is 3. The van der Waals surface area contributed by atoms with Crippen molar-refractivity contribution in [1.82, 2.24) is 14.7 Å². The van der Waals surface area contributed by atoms with E-state index in [1.54, 1.807) is 14.7 Å². The molecule has 1 N–H and O–H groups in total. The fourth-order valence-corrected chi connectivity index (χ4v) is 2.19. The lowest BCUT2D eigenvalue weighted by molar-refractivity contribution is -0.142. The van der Waals surface area contributed by atoms with Gasteiger partial charge in [-0.2, -0.15) is 0 Å². The second-order valence-corrected chi connectivity index (χ2v) is 4.98. The van der Waals surface area contributed by atoms with Crippen LogP contribution in [-0.2, 0) is 19.1 Å². The molecule has 0 saturated carbocycles. The number of ether oxygens (including phenoxy) is 1. The van der Waals surface area contributed by atoms with Gasteiger partial charge in [0.05, 0.1) is 19.7 Å². The normalized spacial score (nSPS) is 15.4. The Morgan fingerprint density at radius 3 is 2.14 bits per heavy atom. The SMILES string of the molecule is COCCN(CC(=O)O)CC(=O)N1CCN(C(C)=O)CC1. The highest BCUT2D eigenvalue weighted by molar-refractivity contribution is 5.80. The molecule has 0 bridgehead atoms. The summed E-state index contributed by atoms with van der Waals surface area (Å²) in [6, 6.07) is 0. The first-order valence-corrected chi connectivity index (χ1v) is 6.90. The molecule has 8 nitrogen and oxygen atoms in total. The molecule has 0 aromatic rings. The Morgan fingerprint density at radius 2 is 1.67 bits per heavy atom. The van der Waals surface area contributed by atoms with E-state index >= 15 is 0 Å². The lowest BCUT2D eigenvalue weighted by Crippen LogP contribution is -2.52. The van der Waals surface area contributed by atoms with Crippen molar-refractivity contribution in [2.75, 3.05) is 59.5 Å². The molecule has 2 amide bonds. The summed E-state index contributed by atoms with van der Waals surface area (Å²) in [6.07, 6.45) is 0. The number of rotatable bonds is 7. The van der Waals surface area contributed by atoms with Gasteiger partial charge in [-0.15, -0.1) is 0 Å². The number of aliphatic carboxylic acids is 1. The third kappa shape index (κ3) is 6.09. The number of amides is 2. The number of methoxy groups -OCH3 is 1. The van der Waals surface area contributed by atoms with E-state index in [1.807, 2.05) is 0 Å². The Bertz CT molecular complexity index is 380. The molecule has 0 aliphatic carbocycles. The van der Waals surface area contributed by atoms with E-state index in [-0.39, 0.29) is 24.9 Å². The van der Waals surface area contributed by atoms with Gasteiger partial charge in [0.15, 0.2) is 0 Å². The maximum absolute atomic E-state index is 12.2. The van der Waals surface area contributed by atoms with Crippen LogP contribution < -0.4 is 0 Å². The van der Waals surface area contributed by atoms with Crippen LogP contribution in [0.15, 0.2) is 0 Å². The first-order valence-electron chi connectivity index (χ1n) is 6.90. The summed E-state index contributed by atoms with van der Waals surface area (Å²) >= 11 is 0. The molecule has 21 heavy (non-hydrogen) atoms. The van der Waals surface area contributed by atoms with Crippen molar-refractivity contribution in [3.63, 3.8) is 0 Å². The Balaban J connectivity index is 2.46. The first-order chi connectivity index (χ1) is 9.93. The highest BCUT2D eigenvalue weighted by atomic mass is 16.5. The molecule has 1 aliphatic rings. The zero-order valence-electron chi connectivity index (χ0n) is 12.6. The zero-order chi connectivity index (χ0) is 15.8. The molecule has 0 atom stereocenters. The van der Waals surface area contributed by atoms with E-state index in [2.05, 4.69) is 0 Å². The third-order valence-electron chi connectivity index (χ3n) is 3.41. The number of carbonyl (C=O) groups is 3. The summed E-state index contributed by atoms with van der Waals surface area (Å²) in [6.45, 7) is 4.17. The van der Waals surface area contributed by atoms with Gasteiger partial charge in [0.2, 0.25) is 11.8 Å². The quantitative estimate of drug-likeness (QED) is 0.629. The number of carbonyl (C=O) groups excluding carboxylic acids is 2. The highest BCUT2D eigenvalue weighted by Crippen LogP contribution is 2.03. The first kappa shape index (κ1) is 17.4. The molecule has 0 unspecified atom stereocenters. The van der Waals surface area contributed by atoms with Gasteiger partial charge in [-0.1, -0.05) is 0 Å². The fourth-order valence-electron chi connectivity index (χ4n) is 2.19. The average molecular weight is 301 g/mol. The van der Waals surface area contributed by atoms with Crippen molar-refractivity contribution < 1.29 is 24.2 Å². The maximum Gasteiger partial charge on any atom is 0.317 e. The minimum atomic E-state index is -0.972. The Labute approximate surface area is 124 Å². The van der Waals surface area contributed by atoms with Crippen LogP contribution in [-0.4, -0.2) is 97.1 Å². The molecule has 0 aromatic heterocycles. The van der Waals surface area contributed by atoms with Gasteiger partial charge in [0.25, 0.3) is 0 Å². The molecule has 1 aliphatic heterocycles. The van der Waals surface area contributed by atoms with E-state index in [4.69, 9.17) is 9.84 Å². The third-order valence-corrected chi connectivity index (χ3v) is 3.41. The second kappa shape index (κ2) is 8.58. The van der Waals surface area contributed by atoms with Crippen LogP contribution in [0, 0.1) is 0 Å². The predicted octanol–water partition coefficient (Wildman–Crippen LogP) is -1.29. The predicted molar refractivity (Wildman–Crippen MR) is 74.8 cm³/mol. The van der Waals surface area contributed by atoms with Crippen LogP contribution in [0.4, 0.5) is 0 Å². The van der Waals surface area contributed by atoms with Gasteiger partial charge in [-0.05, 0) is 0 Å². The number of carboxylic acid groups (broad SMARTS) is 1. The molecule has 120 valence electrons. The number of piperazine rings is 1. The molecule has 8 heteroatoms. The van der Waals surface area contributed by atoms with Crippen molar-refractivity contribution in [3.05, 3.63) is 0 Å². The second-order valence-electron chi connectivity index (χ2n) is 4.98. The van der Waals surface area contributed by atoms with Gasteiger partial charge in [-0.3, -0.25) is 19.3 Å². The molecular weight excluding hydrogens is 278 g/mol. The Hall–Kier alpha value is -1.67. The fraction of sp³-hybridized carbons (Fsp3) is 0.769.